The molecule has 142 valence electrons. The molecule has 0 saturated carbocycles. The van der Waals surface area contributed by atoms with E-state index in [9.17, 15) is 4.79 Å². The van der Waals surface area contributed by atoms with Crippen molar-refractivity contribution in [1.82, 2.24) is 20.2 Å². The smallest absolute Gasteiger partial charge is 0.328 e. The number of amides is 2. The molecule has 0 bridgehead atoms. The van der Waals surface area contributed by atoms with Crippen molar-refractivity contribution in [2.24, 2.45) is 5.92 Å². The maximum Gasteiger partial charge on any atom is 0.328 e. The van der Waals surface area contributed by atoms with Crippen LogP contribution in [-0.2, 0) is 6.54 Å². The highest BCUT2D eigenvalue weighted by Gasteiger charge is 2.29. The number of likely N-dealkylation sites (tertiary alicyclic amines) is 1. The number of urea groups is 1. The molecule has 1 aromatic heterocycles. The summed E-state index contributed by atoms with van der Waals surface area (Å²) in [6.45, 7) is 3.49. The first-order chi connectivity index (χ1) is 13.1. The first-order valence-corrected chi connectivity index (χ1v) is 9.60. The molecule has 8 heteroatoms. The zero-order chi connectivity index (χ0) is 18.8. The molecule has 1 saturated heterocycles. The lowest BCUT2D eigenvalue weighted by atomic mass is 9.97. The molecule has 2 N–H and O–H groups in total. The molecule has 0 spiro atoms. The number of hydrogen-bond donors (Lipinski definition) is 2. The van der Waals surface area contributed by atoms with Gasteiger partial charge in [0.2, 0.25) is 5.95 Å². The summed E-state index contributed by atoms with van der Waals surface area (Å²) in [7, 11) is 2.16. The van der Waals surface area contributed by atoms with Gasteiger partial charge >= 0.3 is 6.03 Å². The summed E-state index contributed by atoms with van der Waals surface area (Å²) in [6, 6.07) is 7.02. The molecule has 7 nitrogen and oxygen atoms in total. The predicted octanol–water partition coefficient (Wildman–Crippen LogP) is 3.25. The second kappa shape index (κ2) is 7.70. The Morgan fingerprint density at radius 1 is 1.30 bits per heavy atom. The van der Waals surface area contributed by atoms with Crippen molar-refractivity contribution in [3.63, 3.8) is 0 Å². The molecule has 2 aromatic rings. The third kappa shape index (κ3) is 3.84. The quantitative estimate of drug-likeness (QED) is 0.843. The van der Waals surface area contributed by atoms with Crippen LogP contribution in [0.1, 0.15) is 18.4 Å². The predicted molar refractivity (Wildman–Crippen MR) is 107 cm³/mol. The molecule has 2 amide bonds. The first-order valence-electron chi connectivity index (χ1n) is 9.22. The van der Waals surface area contributed by atoms with Gasteiger partial charge in [-0.3, -0.25) is 0 Å². The van der Waals surface area contributed by atoms with Crippen molar-refractivity contribution in [1.29, 1.82) is 0 Å². The van der Waals surface area contributed by atoms with Crippen molar-refractivity contribution in [3.05, 3.63) is 41.0 Å². The number of para-hydroxylation sites is 1. The highest BCUT2D eigenvalue weighted by molar-refractivity contribution is 6.34. The van der Waals surface area contributed by atoms with E-state index in [1.807, 2.05) is 18.2 Å². The van der Waals surface area contributed by atoms with E-state index in [0.29, 0.717) is 34.9 Å². The third-order valence-corrected chi connectivity index (χ3v) is 5.49. The minimum Gasteiger partial charge on any atom is -0.354 e. The van der Waals surface area contributed by atoms with Crippen LogP contribution in [0.25, 0.3) is 0 Å². The number of fused-ring (bicyclic) bond motifs is 1. The van der Waals surface area contributed by atoms with Gasteiger partial charge in [0, 0.05) is 24.8 Å². The largest absolute Gasteiger partial charge is 0.354 e. The van der Waals surface area contributed by atoms with E-state index in [-0.39, 0.29) is 6.03 Å². The number of halogens is 1. The minimum absolute atomic E-state index is 0.240. The van der Waals surface area contributed by atoms with Gasteiger partial charge in [-0.1, -0.05) is 23.7 Å². The molecule has 0 aliphatic carbocycles. The van der Waals surface area contributed by atoms with Gasteiger partial charge in [0.05, 0.1) is 10.7 Å². The fraction of sp³-hybridized carbons (Fsp3) is 0.421. The van der Waals surface area contributed by atoms with Gasteiger partial charge < -0.3 is 15.5 Å². The maximum atomic E-state index is 12.5. The number of piperidine rings is 1. The topological polar surface area (TPSA) is 73.4 Å². The van der Waals surface area contributed by atoms with E-state index < -0.39 is 0 Å². The van der Waals surface area contributed by atoms with Gasteiger partial charge in [0.15, 0.2) is 5.82 Å². The van der Waals surface area contributed by atoms with E-state index in [1.165, 1.54) is 17.7 Å². The average molecular weight is 387 g/mol. The normalized spacial score (nSPS) is 18.1. The summed E-state index contributed by atoms with van der Waals surface area (Å²) in [5, 5.41) is 6.69. The van der Waals surface area contributed by atoms with Crippen molar-refractivity contribution in [2.45, 2.75) is 19.4 Å². The van der Waals surface area contributed by atoms with E-state index in [2.05, 4.69) is 32.5 Å². The Bertz CT molecular complexity index is 837. The monoisotopic (exact) mass is 386 g/mol. The minimum atomic E-state index is -0.240. The van der Waals surface area contributed by atoms with Gasteiger partial charge in [-0.15, -0.1) is 0 Å². The van der Waals surface area contributed by atoms with E-state index in [1.54, 1.807) is 12.3 Å². The van der Waals surface area contributed by atoms with Gasteiger partial charge in [0.25, 0.3) is 0 Å². The number of nitrogens with zero attached hydrogens (tertiary/aromatic N) is 4. The SMILES string of the molecule is CN1CCC(CNc2ncc3c(n2)N(c2ccccc2Cl)C(=O)NC3)CC1. The summed E-state index contributed by atoms with van der Waals surface area (Å²) in [5.74, 6) is 1.73. The van der Waals surface area contributed by atoms with Crippen LogP contribution in [0.2, 0.25) is 5.02 Å². The van der Waals surface area contributed by atoms with Crippen molar-refractivity contribution >= 4 is 35.1 Å². The number of carbonyl (C=O) groups excluding carboxylic acids is 1. The lowest BCUT2D eigenvalue weighted by molar-refractivity contribution is 0.226. The van der Waals surface area contributed by atoms with Crippen LogP contribution < -0.4 is 15.5 Å². The molecule has 2 aliphatic rings. The third-order valence-electron chi connectivity index (χ3n) is 5.17. The van der Waals surface area contributed by atoms with Crippen LogP contribution in [0, 0.1) is 5.92 Å². The molecule has 2 aliphatic heterocycles. The summed E-state index contributed by atoms with van der Waals surface area (Å²) < 4.78 is 0. The molecule has 3 heterocycles. The van der Waals surface area contributed by atoms with Crippen molar-refractivity contribution < 1.29 is 4.79 Å². The van der Waals surface area contributed by atoms with Crippen LogP contribution in [0.15, 0.2) is 30.5 Å². The standard InChI is InChI=1S/C19H23ClN6O/c1-25-8-6-13(7-9-25)10-21-18-22-11-14-12-23-19(27)26(17(14)24-18)16-5-3-2-4-15(16)20/h2-5,11,13H,6-10,12H2,1H3,(H,23,27)(H,21,22,24). The second-order valence-corrected chi connectivity index (χ2v) is 7.52. The van der Waals surface area contributed by atoms with Crippen molar-refractivity contribution in [3.8, 4) is 0 Å². The van der Waals surface area contributed by atoms with Crippen LogP contribution in [0.3, 0.4) is 0 Å². The van der Waals surface area contributed by atoms with Crippen LogP contribution >= 0.6 is 11.6 Å². The molecule has 1 fully saturated rings. The Morgan fingerprint density at radius 2 is 2.07 bits per heavy atom. The molecule has 1 aromatic carbocycles. The molecule has 0 radical (unpaired) electrons. The van der Waals surface area contributed by atoms with E-state index in [0.717, 1.165) is 25.2 Å². The highest BCUT2D eigenvalue weighted by Crippen LogP contribution is 2.34. The molecule has 0 unspecified atom stereocenters. The van der Waals surface area contributed by atoms with Crippen LogP contribution in [0.4, 0.5) is 22.2 Å². The van der Waals surface area contributed by atoms with Gasteiger partial charge in [-0.2, -0.15) is 4.98 Å². The van der Waals surface area contributed by atoms with Crippen molar-refractivity contribution in [2.75, 3.05) is 36.9 Å². The zero-order valence-corrected chi connectivity index (χ0v) is 16.0. The maximum absolute atomic E-state index is 12.5. The molecule has 0 atom stereocenters. The summed E-state index contributed by atoms with van der Waals surface area (Å²) in [6.07, 6.45) is 4.10. The van der Waals surface area contributed by atoms with Gasteiger partial charge in [-0.25, -0.2) is 14.7 Å². The average Bonchev–Trinajstić information content (AvgIpc) is 2.68. The number of rotatable bonds is 4. The highest BCUT2D eigenvalue weighted by atomic mass is 35.5. The lowest BCUT2D eigenvalue weighted by Crippen LogP contribution is -2.42. The number of anilines is 3. The zero-order valence-electron chi connectivity index (χ0n) is 15.3. The van der Waals surface area contributed by atoms with Gasteiger partial charge in [0.1, 0.15) is 0 Å². The Morgan fingerprint density at radius 3 is 2.85 bits per heavy atom. The summed E-state index contributed by atoms with van der Waals surface area (Å²) >= 11 is 6.32. The molecular formula is C19H23ClN6O. The molecule has 27 heavy (non-hydrogen) atoms. The Labute approximate surface area is 163 Å². The molecule has 4 rings (SSSR count). The number of carbonyl (C=O) groups is 1. The number of nitrogens with one attached hydrogen (secondary N) is 2. The first kappa shape index (κ1) is 18.0. The Balaban J connectivity index is 1.56. The van der Waals surface area contributed by atoms with Crippen LogP contribution in [0.5, 0.6) is 0 Å². The lowest BCUT2D eigenvalue weighted by Gasteiger charge is -2.30. The number of benzene rings is 1. The fourth-order valence-electron chi connectivity index (χ4n) is 3.51. The van der Waals surface area contributed by atoms with E-state index in [4.69, 9.17) is 11.6 Å². The van der Waals surface area contributed by atoms with E-state index >= 15 is 0 Å². The summed E-state index contributed by atoms with van der Waals surface area (Å²) in [4.78, 5) is 25.5. The number of hydrogen-bond acceptors (Lipinski definition) is 5. The molecular weight excluding hydrogens is 364 g/mol. The summed E-state index contributed by atoms with van der Waals surface area (Å²) in [5.41, 5.74) is 1.47. The fourth-order valence-corrected chi connectivity index (χ4v) is 3.73. The number of aromatic nitrogens is 2. The van der Waals surface area contributed by atoms with Crippen LogP contribution in [-0.4, -0.2) is 47.6 Å². The second-order valence-electron chi connectivity index (χ2n) is 7.12. The van der Waals surface area contributed by atoms with Gasteiger partial charge in [-0.05, 0) is 51.0 Å². The Kier molecular flexibility index (Phi) is 5.13. The Hall–Kier alpha value is -2.38.